The second-order valence-corrected chi connectivity index (χ2v) is 6.04. The predicted molar refractivity (Wildman–Crippen MR) is 101 cm³/mol. The van der Waals surface area contributed by atoms with Gasteiger partial charge in [-0.3, -0.25) is 9.69 Å². The summed E-state index contributed by atoms with van der Waals surface area (Å²) in [6, 6.07) is 19.8. The van der Waals surface area contributed by atoms with E-state index in [0.717, 1.165) is 22.0 Å². The predicted octanol–water partition coefficient (Wildman–Crippen LogP) is 4.88. The van der Waals surface area contributed by atoms with E-state index in [2.05, 4.69) is 4.98 Å². The first-order chi connectivity index (χ1) is 11.8. The van der Waals surface area contributed by atoms with Crippen molar-refractivity contribution in [2.45, 2.75) is 6.92 Å². The van der Waals surface area contributed by atoms with E-state index in [0.29, 0.717) is 6.54 Å². The Labute approximate surface area is 145 Å². The lowest BCUT2D eigenvalue weighted by molar-refractivity contribution is -0.114. The molecule has 120 valence electrons. The minimum atomic E-state index is -0.0599. The number of likely N-dealkylation sites (N-methyl/N-ethyl adjacent to an activating group) is 1. The number of hydrogen-bond acceptors (Lipinski definition) is 3. The van der Waals surface area contributed by atoms with Crippen LogP contribution in [0.4, 0.5) is 5.13 Å². The van der Waals surface area contributed by atoms with Crippen LogP contribution in [0.5, 0.6) is 0 Å². The van der Waals surface area contributed by atoms with E-state index in [1.807, 2.05) is 79.0 Å². The van der Waals surface area contributed by atoms with Crippen molar-refractivity contribution in [2.24, 2.45) is 0 Å². The summed E-state index contributed by atoms with van der Waals surface area (Å²) in [6.07, 6.45) is 3.43. The zero-order valence-electron chi connectivity index (χ0n) is 13.4. The number of carbonyl (C=O) groups excluding carboxylic acids is 1. The standard InChI is InChI=1S/C20H18N2OS/c1-2-22(19(23)14-13-16-9-5-3-6-10-16)20-21-18(15-24-20)17-11-7-4-8-12-17/h3-15H,2H2,1H3/b14-13+. The number of thiazole rings is 1. The van der Waals surface area contributed by atoms with Gasteiger partial charge in [-0.2, -0.15) is 0 Å². The van der Waals surface area contributed by atoms with Crippen LogP contribution in [0.25, 0.3) is 17.3 Å². The van der Waals surface area contributed by atoms with Gasteiger partial charge in [0, 0.05) is 23.6 Å². The fourth-order valence-electron chi connectivity index (χ4n) is 2.34. The molecule has 1 heterocycles. The van der Waals surface area contributed by atoms with E-state index in [9.17, 15) is 4.79 Å². The normalized spacial score (nSPS) is 10.9. The molecule has 4 heteroatoms. The van der Waals surface area contributed by atoms with E-state index >= 15 is 0 Å². The second kappa shape index (κ2) is 7.70. The van der Waals surface area contributed by atoms with Crippen LogP contribution in [0, 0.1) is 0 Å². The number of aromatic nitrogens is 1. The van der Waals surface area contributed by atoms with Crippen molar-refractivity contribution in [3.63, 3.8) is 0 Å². The highest BCUT2D eigenvalue weighted by atomic mass is 32.1. The van der Waals surface area contributed by atoms with Crippen LogP contribution in [0.3, 0.4) is 0 Å². The molecule has 24 heavy (non-hydrogen) atoms. The van der Waals surface area contributed by atoms with Crippen LogP contribution in [0.2, 0.25) is 0 Å². The number of benzene rings is 2. The molecule has 0 unspecified atom stereocenters. The first-order valence-electron chi connectivity index (χ1n) is 7.83. The van der Waals surface area contributed by atoms with Gasteiger partial charge in [0.1, 0.15) is 0 Å². The van der Waals surface area contributed by atoms with Crippen molar-refractivity contribution < 1.29 is 4.79 Å². The summed E-state index contributed by atoms with van der Waals surface area (Å²) >= 11 is 1.49. The van der Waals surface area contributed by atoms with Crippen molar-refractivity contribution in [3.05, 3.63) is 77.7 Å². The van der Waals surface area contributed by atoms with Crippen molar-refractivity contribution >= 4 is 28.5 Å². The number of nitrogens with zero attached hydrogens (tertiary/aromatic N) is 2. The molecule has 3 nitrogen and oxygen atoms in total. The van der Waals surface area contributed by atoms with Crippen LogP contribution in [0.1, 0.15) is 12.5 Å². The lowest BCUT2D eigenvalue weighted by atomic mass is 10.2. The van der Waals surface area contributed by atoms with Gasteiger partial charge in [0.2, 0.25) is 0 Å². The molecule has 0 atom stereocenters. The summed E-state index contributed by atoms with van der Waals surface area (Å²) in [5.41, 5.74) is 2.96. The second-order valence-electron chi connectivity index (χ2n) is 5.21. The summed E-state index contributed by atoms with van der Waals surface area (Å²) in [5, 5.41) is 2.71. The molecular formula is C20H18N2OS. The highest BCUT2D eigenvalue weighted by Gasteiger charge is 2.15. The molecule has 1 aromatic heterocycles. The molecule has 0 radical (unpaired) electrons. The van der Waals surface area contributed by atoms with E-state index in [4.69, 9.17) is 0 Å². The fraction of sp³-hybridized carbons (Fsp3) is 0.100. The van der Waals surface area contributed by atoms with Crippen molar-refractivity contribution in [1.29, 1.82) is 0 Å². The third-order valence-corrected chi connectivity index (χ3v) is 4.46. The monoisotopic (exact) mass is 334 g/mol. The minimum Gasteiger partial charge on any atom is -0.285 e. The van der Waals surface area contributed by atoms with Crippen molar-refractivity contribution in [2.75, 3.05) is 11.4 Å². The molecule has 2 aromatic carbocycles. The maximum absolute atomic E-state index is 12.5. The Morgan fingerprint density at radius 3 is 2.42 bits per heavy atom. The Balaban J connectivity index is 1.78. The van der Waals surface area contributed by atoms with Crippen LogP contribution in [-0.4, -0.2) is 17.4 Å². The van der Waals surface area contributed by atoms with Gasteiger partial charge in [-0.05, 0) is 18.6 Å². The fourth-order valence-corrected chi connectivity index (χ4v) is 3.24. The van der Waals surface area contributed by atoms with Crippen LogP contribution >= 0.6 is 11.3 Å². The molecule has 0 saturated heterocycles. The Kier molecular flexibility index (Phi) is 5.18. The maximum atomic E-state index is 12.5. The van der Waals surface area contributed by atoms with E-state index < -0.39 is 0 Å². The van der Waals surface area contributed by atoms with Gasteiger partial charge in [-0.15, -0.1) is 11.3 Å². The molecule has 0 spiro atoms. The van der Waals surface area contributed by atoms with Gasteiger partial charge < -0.3 is 0 Å². The van der Waals surface area contributed by atoms with Gasteiger partial charge in [-0.25, -0.2) is 4.98 Å². The SMILES string of the molecule is CCN(C(=O)/C=C/c1ccccc1)c1nc(-c2ccccc2)cs1. The van der Waals surface area contributed by atoms with E-state index in [-0.39, 0.29) is 5.91 Å². The summed E-state index contributed by atoms with van der Waals surface area (Å²) < 4.78 is 0. The topological polar surface area (TPSA) is 33.2 Å². The van der Waals surface area contributed by atoms with Gasteiger partial charge >= 0.3 is 0 Å². The number of hydrogen-bond donors (Lipinski definition) is 0. The third-order valence-electron chi connectivity index (χ3n) is 3.59. The smallest absolute Gasteiger partial charge is 0.252 e. The van der Waals surface area contributed by atoms with Crippen molar-refractivity contribution in [1.82, 2.24) is 4.98 Å². The van der Waals surface area contributed by atoms with E-state index in [1.165, 1.54) is 11.3 Å². The highest BCUT2D eigenvalue weighted by Crippen LogP contribution is 2.27. The average molecular weight is 334 g/mol. The number of carbonyl (C=O) groups is 1. The largest absolute Gasteiger partial charge is 0.285 e. The minimum absolute atomic E-state index is 0.0599. The summed E-state index contributed by atoms with van der Waals surface area (Å²) in [6.45, 7) is 2.54. The van der Waals surface area contributed by atoms with Gasteiger partial charge in [0.25, 0.3) is 5.91 Å². The highest BCUT2D eigenvalue weighted by molar-refractivity contribution is 7.14. The number of amides is 1. The van der Waals surface area contributed by atoms with Crippen LogP contribution in [0.15, 0.2) is 72.1 Å². The Hall–Kier alpha value is -2.72. The summed E-state index contributed by atoms with van der Waals surface area (Å²) in [4.78, 5) is 18.8. The quantitative estimate of drug-likeness (QED) is 0.623. The molecule has 0 N–H and O–H groups in total. The lowest BCUT2D eigenvalue weighted by Gasteiger charge is -2.15. The first kappa shape index (κ1) is 16.1. The Morgan fingerprint density at radius 2 is 1.75 bits per heavy atom. The molecule has 0 fully saturated rings. The van der Waals surface area contributed by atoms with Gasteiger partial charge in [-0.1, -0.05) is 60.7 Å². The molecule has 0 aliphatic carbocycles. The molecule has 0 aliphatic rings. The Morgan fingerprint density at radius 1 is 1.08 bits per heavy atom. The molecule has 0 saturated carbocycles. The third kappa shape index (κ3) is 3.78. The molecule has 1 amide bonds. The zero-order valence-corrected chi connectivity index (χ0v) is 14.2. The molecule has 0 aliphatic heterocycles. The van der Waals surface area contributed by atoms with Gasteiger partial charge in [0.15, 0.2) is 5.13 Å². The summed E-state index contributed by atoms with van der Waals surface area (Å²) in [7, 11) is 0. The van der Waals surface area contributed by atoms with Crippen LogP contribution in [-0.2, 0) is 4.79 Å². The van der Waals surface area contributed by atoms with Crippen molar-refractivity contribution in [3.8, 4) is 11.3 Å². The molecule has 3 aromatic rings. The first-order valence-corrected chi connectivity index (χ1v) is 8.71. The lowest BCUT2D eigenvalue weighted by Crippen LogP contribution is -2.28. The maximum Gasteiger partial charge on any atom is 0.252 e. The summed E-state index contributed by atoms with van der Waals surface area (Å²) in [5.74, 6) is -0.0599. The number of anilines is 1. The van der Waals surface area contributed by atoms with Gasteiger partial charge in [0.05, 0.1) is 5.69 Å². The number of rotatable bonds is 5. The molecule has 3 rings (SSSR count). The zero-order chi connectivity index (χ0) is 16.8. The van der Waals surface area contributed by atoms with Crippen LogP contribution < -0.4 is 4.90 Å². The average Bonchev–Trinajstić information content (AvgIpc) is 3.12. The van der Waals surface area contributed by atoms with E-state index in [1.54, 1.807) is 11.0 Å². The molecule has 0 bridgehead atoms. The molecular weight excluding hydrogens is 316 g/mol. The Bertz CT molecular complexity index is 825.